The summed E-state index contributed by atoms with van der Waals surface area (Å²) in [5, 5.41) is 5.32. The summed E-state index contributed by atoms with van der Waals surface area (Å²) in [6, 6.07) is 0.0221. The van der Waals surface area contributed by atoms with Gasteiger partial charge in [-0.1, -0.05) is 12.2 Å². The van der Waals surface area contributed by atoms with Crippen LogP contribution >= 0.6 is 12.2 Å². The number of nitrogens with zero attached hydrogens (tertiary/aromatic N) is 1. The van der Waals surface area contributed by atoms with Gasteiger partial charge in [-0.2, -0.15) is 0 Å². The van der Waals surface area contributed by atoms with Gasteiger partial charge < -0.3 is 10.2 Å². The van der Waals surface area contributed by atoms with Crippen LogP contribution in [0.4, 0.5) is 0 Å². The Morgan fingerprint density at radius 2 is 2.27 bits per heavy atom. The van der Waals surface area contributed by atoms with Gasteiger partial charge >= 0.3 is 0 Å². The molecule has 0 spiro atoms. The van der Waals surface area contributed by atoms with Crippen molar-refractivity contribution in [2.45, 2.75) is 13.0 Å². The van der Waals surface area contributed by atoms with Crippen molar-refractivity contribution < 1.29 is 4.79 Å². The number of nitrogens with one attached hydrogen (secondary N) is 1. The van der Waals surface area contributed by atoms with Gasteiger partial charge in [0.05, 0.1) is 6.04 Å². The molecule has 0 rings (SSSR count). The number of carbonyl (C=O) groups excluding carboxylic acids is 1. The van der Waals surface area contributed by atoms with Crippen molar-refractivity contribution in [3.63, 3.8) is 0 Å². The Bertz CT molecular complexity index is 147. The van der Waals surface area contributed by atoms with Crippen LogP contribution in [0.25, 0.3) is 0 Å². The highest BCUT2D eigenvalue weighted by Gasteiger charge is 2.07. The maximum absolute atomic E-state index is 10.5. The molecule has 1 amide bonds. The molecule has 11 heavy (non-hydrogen) atoms. The minimum Gasteiger partial charge on any atom is -0.354 e. The Morgan fingerprint density at radius 1 is 1.73 bits per heavy atom. The van der Waals surface area contributed by atoms with E-state index in [1.165, 1.54) is 6.92 Å². The first kappa shape index (κ1) is 10.5. The van der Waals surface area contributed by atoms with Crippen molar-refractivity contribution >= 4 is 23.5 Å². The molecular formula is C7H13N2OS. The van der Waals surface area contributed by atoms with Gasteiger partial charge in [0.25, 0.3) is 0 Å². The van der Waals surface area contributed by atoms with Gasteiger partial charge in [0.15, 0.2) is 0 Å². The normalized spacial score (nSPS) is 12.7. The van der Waals surface area contributed by atoms with E-state index in [-0.39, 0.29) is 11.9 Å². The Hall–Kier alpha value is -0.480. The van der Waals surface area contributed by atoms with E-state index < -0.39 is 0 Å². The Morgan fingerprint density at radius 3 is 2.55 bits per heavy atom. The van der Waals surface area contributed by atoms with Crippen molar-refractivity contribution in [3.8, 4) is 0 Å². The molecule has 1 unspecified atom stereocenters. The van der Waals surface area contributed by atoms with E-state index in [0.717, 1.165) is 0 Å². The second kappa shape index (κ2) is 5.21. The topological polar surface area (TPSA) is 32.3 Å². The zero-order valence-corrected chi connectivity index (χ0v) is 7.86. The molecule has 0 fully saturated rings. The first-order valence-corrected chi connectivity index (χ1v) is 3.77. The van der Waals surface area contributed by atoms with E-state index in [1.54, 1.807) is 0 Å². The highest BCUT2D eigenvalue weighted by atomic mass is 32.1. The number of hydrogen-bond acceptors (Lipinski definition) is 3. The fraction of sp³-hybridized carbons (Fsp3) is 0.714. The first-order valence-electron chi connectivity index (χ1n) is 3.36. The second-order valence-corrected chi connectivity index (χ2v) is 2.77. The third-order valence-electron chi connectivity index (χ3n) is 1.30. The van der Waals surface area contributed by atoms with E-state index in [4.69, 9.17) is 0 Å². The maximum Gasteiger partial charge on any atom is 0.216 e. The van der Waals surface area contributed by atoms with Gasteiger partial charge in [0.2, 0.25) is 5.91 Å². The summed E-state index contributed by atoms with van der Waals surface area (Å²) in [5.74, 6) is -0.0397. The zero-order chi connectivity index (χ0) is 8.85. The van der Waals surface area contributed by atoms with Crippen LogP contribution in [0, 0.1) is 0 Å². The highest BCUT2D eigenvalue weighted by molar-refractivity contribution is 7.79. The summed E-state index contributed by atoms with van der Waals surface area (Å²) >= 11 is 4.66. The van der Waals surface area contributed by atoms with Gasteiger partial charge in [-0.05, 0) is 14.1 Å². The van der Waals surface area contributed by atoms with Crippen LogP contribution in [-0.4, -0.2) is 42.9 Å². The van der Waals surface area contributed by atoms with E-state index in [0.29, 0.717) is 6.54 Å². The lowest BCUT2D eigenvalue weighted by molar-refractivity contribution is -0.119. The van der Waals surface area contributed by atoms with E-state index in [1.807, 2.05) is 19.0 Å². The van der Waals surface area contributed by atoms with E-state index >= 15 is 0 Å². The molecule has 1 atom stereocenters. The van der Waals surface area contributed by atoms with Gasteiger partial charge in [0, 0.05) is 18.8 Å². The Balaban J connectivity index is 3.69. The average molecular weight is 173 g/mol. The lowest BCUT2D eigenvalue weighted by Crippen LogP contribution is -2.40. The smallest absolute Gasteiger partial charge is 0.216 e. The molecule has 0 aliphatic rings. The van der Waals surface area contributed by atoms with Gasteiger partial charge in [-0.15, -0.1) is 0 Å². The molecule has 0 aromatic carbocycles. The molecule has 0 aliphatic heterocycles. The van der Waals surface area contributed by atoms with E-state index in [2.05, 4.69) is 22.9 Å². The standard InChI is InChI=1S/C7H13N2OS/c1-6(10)8-4-7(5-11)9(2)3/h7H,4H2,1-3H3,(H,8,10). The monoisotopic (exact) mass is 173 g/mol. The summed E-state index contributed by atoms with van der Waals surface area (Å²) < 4.78 is 0. The first-order chi connectivity index (χ1) is 5.07. The number of amides is 1. The molecule has 0 saturated heterocycles. The Kier molecular flexibility index (Phi) is 4.98. The molecule has 0 heterocycles. The van der Waals surface area contributed by atoms with Crippen molar-refractivity contribution in [1.29, 1.82) is 0 Å². The summed E-state index contributed by atoms with van der Waals surface area (Å²) in [6.45, 7) is 2.02. The van der Waals surface area contributed by atoms with Crippen molar-refractivity contribution in [3.05, 3.63) is 0 Å². The van der Waals surface area contributed by atoms with Crippen molar-refractivity contribution in [1.82, 2.24) is 10.2 Å². The Labute approximate surface area is 72.8 Å². The van der Waals surface area contributed by atoms with Crippen LogP contribution in [0.15, 0.2) is 0 Å². The summed E-state index contributed by atoms with van der Waals surface area (Å²) in [4.78, 5) is 12.4. The van der Waals surface area contributed by atoms with Crippen LogP contribution in [0.3, 0.4) is 0 Å². The van der Waals surface area contributed by atoms with E-state index in [9.17, 15) is 4.79 Å². The van der Waals surface area contributed by atoms with Crippen LogP contribution < -0.4 is 5.32 Å². The van der Waals surface area contributed by atoms with Gasteiger partial charge in [0.1, 0.15) is 0 Å². The molecule has 1 radical (unpaired) electrons. The SMILES string of the molecule is CC(=O)NCC([C]=S)N(C)C. The number of likely N-dealkylation sites (N-methyl/N-ethyl adjacent to an activating group) is 1. The fourth-order valence-corrected chi connectivity index (χ4v) is 0.864. The van der Waals surface area contributed by atoms with Crippen molar-refractivity contribution in [2.24, 2.45) is 0 Å². The third-order valence-corrected chi connectivity index (χ3v) is 1.58. The highest BCUT2D eigenvalue weighted by Crippen LogP contribution is 1.87. The molecule has 63 valence electrons. The minimum absolute atomic E-state index is 0.0221. The summed E-state index contributed by atoms with van der Waals surface area (Å²) in [7, 11) is 3.79. The summed E-state index contributed by atoms with van der Waals surface area (Å²) in [6.07, 6.45) is 0. The molecule has 3 nitrogen and oxygen atoms in total. The quantitative estimate of drug-likeness (QED) is 0.604. The number of carbonyl (C=O) groups is 1. The number of thiocarbonyl (C=S) groups is 1. The zero-order valence-electron chi connectivity index (χ0n) is 7.05. The molecule has 4 heteroatoms. The largest absolute Gasteiger partial charge is 0.354 e. The minimum atomic E-state index is -0.0397. The molecular weight excluding hydrogens is 160 g/mol. The molecule has 0 bridgehead atoms. The van der Waals surface area contributed by atoms with Crippen LogP contribution in [0.2, 0.25) is 0 Å². The predicted octanol–water partition coefficient (Wildman–Crippen LogP) is -0.0706. The predicted molar refractivity (Wildman–Crippen MR) is 48.8 cm³/mol. The molecule has 0 aliphatic carbocycles. The maximum atomic E-state index is 10.5. The van der Waals surface area contributed by atoms with Crippen molar-refractivity contribution in [2.75, 3.05) is 20.6 Å². The van der Waals surface area contributed by atoms with Crippen LogP contribution in [0.5, 0.6) is 0 Å². The molecule has 1 N–H and O–H groups in total. The van der Waals surface area contributed by atoms with Crippen LogP contribution in [0.1, 0.15) is 6.92 Å². The van der Waals surface area contributed by atoms with Gasteiger partial charge in [-0.25, -0.2) is 0 Å². The lowest BCUT2D eigenvalue weighted by Gasteiger charge is -2.18. The number of hydrogen-bond donors (Lipinski definition) is 1. The summed E-state index contributed by atoms with van der Waals surface area (Å²) in [5.41, 5.74) is 0. The average Bonchev–Trinajstić information content (AvgIpc) is 1.87. The molecule has 0 aromatic heterocycles. The number of rotatable bonds is 4. The van der Waals surface area contributed by atoms with Crippen LogP contribution in [-0.2, 0) is 4.79 Å². The van der Waals surface area contributed by atoms with Gasteiger partial charge in [-0.3, -0.25) is 4.79 Å². The molecule has 0 aromatic rings. The molecule has 0 saturated carbocycles. The fourth-order valence-electron chi connectivity index (χ4n) is 0.570. The lowest BCUT2D eigenvalue weighted by atomic mass is 10.3. The third kappa shape index (κ3) is 4.86. The second-order valence-electron chi connectivity index (χ2n) is 2.53.